The van der Waals surface area contributed by atoms with Crippen LogP contribution in [0.15, 0.2) is 36.4 Å². The van der Waals surface area contributed by atoms with Crippen LogP contribution in [0.4, 0.5) is 5.69 Å². The first-order valence-corrected chi connectivity index (χ1v) is 6.79. The predicted octanol–water partition coefficient (Wildman–Crippen LogP) is 1.37. The van der Waals surface area contributed by atoms with Crippen molar-refractivity contribution in [1.82, 2.24) is 5.32 Å². The largest absolute Gasteiger partial charge is 0.507 e. The van der Waals surface area contributed by atoms with Crippen LogP contribution in [0.5, 0.6) is 5.75 Å². The molecule has 0 aliphatic rings. The van der Waals surface area contributed by atoms with Gasteiger partial charge in [0, 0.05) is 16.5 Å². The normalized spacial score (nSPS) is 11.2. The van der Waals surface area contributed by atoms with Crippen molar-refractivity contribution in [2.24, 2.45) is 0 Å². The number of hydrogen-bond acceptors (Lipinski definition) is 4. The summed E-state index contributed by atoms with van der Waals surface area (Å²) in [5, 5.41) is 25.1. The quantitative estimate of drug-likeness (QED) is 0.644. The van der Waals surface area contributed by atoms with E-state index in [4.69, 9.17) is 5.11 Å². The van der Waals surface area contributed by atoms with Gasteiger partial charge in [-0.05, 0) is 26.0 Å². The van der Waals surface area contributed by atoms with Crippen LogP contribution >= 0.6 is 0 Å². The molecule has 0 unspecified atom stereocenters. The highest BCUT2D eigenvalue weighted by atomic mass is 16.3. The highest BCUT2D eigenvalue weighted by Gasteiger charge is 2.24. The lowest BCUT2D eigenvalue weighted by Gasteiger charge is -2.22. The number of fused-ring (bicyclic) bond motifs is 1. The number of carbonyl (C=O) groups is 2. The molecule has 2 amide bonds. The Hall–Kier alpha value is -2.60. The van der Waals surface area contributed by atoms with Crippen molar-refractivity contribution in [3.8, 4) is 5.75 Å². The molecule has 6 heteroatoms. The average molecular weight is 302 g/mol. The predicted molar refractivity (Wildman–Crippen MR) is 83.6 cm³/mol. The van der Waals surface area contributed by atoms with Gasteiger partial charge in [0.1, 0.15) is 5.75 Å². The molecule has 0 radical (unpaired) electrons. The van der Waals surface area contributed by atoms with Crippen LogP contribution in [-0.2, 0) is 9.59 Å². The molecule has 0 atom stereocenters. The number of nitrogens with one attached hydrogen (secondary N) is 2. The molecule has 22 heavy (non-hydrogen) atoms. The first-order valence-electron chi connectivity index (χ1n) is 6.79. The summed E-state index contributed by atoms with van der Waals surface area (Å²) < 4.78 is 0. The van der Waals surface area contributed by atoms with E-state index < -0.39 is 17.4 Å². The third-order valence-corrected chi connectivity index (χ3v) is 3.20. The van der Waals surface area contributed by atoms with Crippen molar-refractivity contribution in [1.29, 1.82) is 0 Å². The first kappa shape index (κ1) is 15.8. The van der Waals surface area contributed by atoms with Crippen molar-refractivity contribution in [2.75, 3.05) is 11.9 Å². The summed E-state index contributed by atoms with van der Waals surface area (Å²) in [7, 11) is 0. The number of benzene rings is 2. The summed E-state index contributed by atoms with van der Waals surface area (Å²) in [6.07, 6.45) is 0. The summed E-state index contributed by atoms with van der Waals surface area (Å²) in [5.41, 5.74) is -0.457. The maximum absolute atomic E-state index is 12.0. The summed E-state index contributed by atoms with van der Waals surface area (Å²) in [4.78, 5) is 23.8. The van der Waals surface area contributed by atoms with Gasteiger partial charge in [-0.2, -0.15) is 0 Å². The second kappa shape index (κ2) is 6.03. The molecule has 116 valence electrons. The number of aliphatic hydroxyl groups excluding tert-OH is 1. The Morgan fingerprint density at radius 2 is 1.68 bits per heavy atom. The maximum atomic E-state index is 12.0. The average Bonchev–Trinajstić information content (AvgIpc) is 2.48. The molecule has 2 rings (SSSR count). The fraction of sp³-hybridized carbons (Fsp3) is 0.250. The maximum Gasteiger partial charge on any atom is 0.313 e. The summed E-state index contributed by atoms with van der Waals surface area (Å²) in [6, 6.07) is 9.97. The Kier molecular flexibility index (Phi) is 4.32. The fourth-order valence-corrected chi connectivity index (χ4v) is 1.99. The zero-order valence-electron chi connectivity index (χ0n) is 12.4. The van der Waals surface area contributed by atoms with Crippen LogP contribution in [0.1, 0.15) is 13.8 Å². The molecule has 0 spiro atoms. The molecule has 0 heterocycles. The Morgan fingerprint density at radius 3 is 2.36 bits per heavy atom. The Morgan fingerprint density at radius 1 is 1.05 bits per heavy atom. The van der Waals surface area contributed by atoms with E-state index >= 15 is 0 Å². The van der Waals surface area contributed by atoms with E-state index in [-0.39, 0.29) is 12.4 Å². The van der Waals surface area contributed by atoms with E-state index in [1.54, 1.807) is 50.2 Å². The van der Waals surface area contributed by atoms with E-state index in [1.807, 2.05) is 0 Å². The van der Waals surface area contributed by atoms with Crippen molar-refractivity contribution in [2.45, 2.75) is 19.4 Å². The number of rotatable bonds is 3. The number of anilines is 1. The van der Waals surface area contributed by atoms with Crippen molar-refractivity contribution < 1.29 is 19.8 Å². The van der Waals surface area contributed by atoms with Crippen molar-refractivity contribution >= 4 is 28.3 Å². The van der Waals surface area contributed by atoms with Gasteiger partial charge in [-0.25, -0.2) is 0 Å². The summed E-state index contributed by atoms with van der Waals surface area (Å²) in [5.74, 6) is -1.58. The molecule has 0 saturated heterocycles. The van der Waals surface area contributed by atoms with E-state index in [0.29, 0.717) is 16.5 Å². The van der Waals surface area contributed by atoms with Crippen LogP contribution in [0.3, 0.4) is 0 Å². The summed E-state index contributed by atoms with van der Waals surface area (Å²) in [6.45, 7) is 2.93. The first-order chi connectivity index (χ1) is 10.3. The van der Waals surface area contributed by atoms with Gasteiger partial charge in [-0.1, -0.05) is 24.3 Å². The number of hydrogen-bond donors (Lipinski definition) is 4. The molecule has 0 aliphatic heterocycles. The van der Waals surface area contributed by atoms with Gasteiger partial charge in [0.05, 0.1) is 12.1 Å². The van der Waals surface area contributed by atoms with Gasteiger partial charge < -0.3 is 20.8 Å². The Balaban J connectivity index is 2.23. The number of phenolic OH excluding ortho intramolecular Hbond substituents is 1. The van der Waals surface area contributed by atoms with E-state index in [9.17, 15) is 14.7 Å². The standard InChI is InChI=1S/C16H18N2O4/c1-16(2,9-19)18-15(22)14(21)17-12-7-3-6-11-10(12)5-4-8-13(11)20/h3-8,19-20H,9H2,1-2H3,(H,17,21)(H,18,22). The minimum atomic E-state index is -0.883. The zero-order valence-corrected chi connectivity index (χ0v) is 12.4. The fourth-order valence-electron chi connectivity index (χ4n) is 1.99. The molecule has 2 aromatic rings. The number of carbonyl (C=O) groups excluding carboxylic acids is 2. The van der Waals surface area contributed by atoms with Crippen LogP contribution in [0.2, 0.25) is 0 Å². The molecule has 0 fully saturated rings. The zero-order chi connectivity index (χ0) is 16.3. The molecule has 4 N–H and O–H groups in total. The highest BCUT2D eigenvalue weighted by Crippen LogP contribution is 2.29. The van der Waals surface area contributed by atoms with Crippen molar-refractivity contribution in [3.05, 3.63) is 36.4 Å². The minimum absolute atomic E-state index is 0.0967. The number of aromatic hydroxyl groups is 1. The topological polar surface area (TPSA) is 98.7 Å². The Labute approximate surface area is 127 Å². The van der Waals surface area contributed by atoms with Crippen LogP contribution in [-0.4, -0.2) is 34.2 Å². The molecule has 0 saturated carbocycles. The lowest BCUT2D eigenvalue weighted by molar-refractivity contribution is -0.137. The molecule has 6 nitrogen and oxygen atoms in total. The third kappa shape index (κ3) is 3.35. The van der Waals surface area contributed by atoms with Crippen LogP contribution in [0, 0.1) is 0 Å². The number of aliphatic hydroxyl groups is 1. The van der Waals surface area contributed by atoms with Gasteiger partial charge in [0.2, 0.25) is 0 Å². The molecule has 0 aromatic heterocycles. The minimum Gasteiger partial charge on any atom is -0.507 e. The SMILES string of the molecule is CC(C)(CO)NC(=O)C(=O)Nc1cccc2c(O)cccc12. The third-order valence-electron chi connectivity index (χ3n) is 3.20. The van der Waals surface area contributed by atoms with E-state index in [0.717, 1.165) is 0 Å². The van der Waals surface area contributed by atoms with Gasteiger partial charge in [0.25, 0.3) is 0 Å². The van der Waals surface area contributed by atoms with E-state index in [1.165, 1.54) is 0 Å². The van der Waals surface area contributed by atoms with Gasteiger partial charge in [0.15, 0.2) is 0 Å². The lowest BCUT2D eigenvalue weighted by Crippen LogP contribution is -2.50. The van der Waals surface area contributed by atoms with Crippen LogP contribution < -0.4 is 10.6 Å². The molecule has 0 bridgehead atoms. The number of amides is 2. The van der Waals surface area contributed by atoms with Crippen molar-refractivity contribution in [3.63, 3.8) is 0 Å². The van der Waals surface area contributed by atoms with E-state index in [2.05, 4.69) is 10.6 Å². The van der Waals surface area contributed by atoms with Gasteiger partial charge in [-0.3, -0.25) is 9.59 Å². The monoisotopic (exact) mass is 302 g/mol. The van der Waals surface area contributed by atoms with Crippen LogP contribution in [0.25, 0.3) is 10.8 Å². The van der Waals surface area contributed by atoms with Gasteiger partial charge >= 0.3 is 11.8 Å². The lowest BCUT2D eigenvalue weighted by atomic mass is 10.1. The Bertz CT molecular complexity index is 725. The smallest absolute Gasteiger partial charge is 0.313 e. The molecular formula is C16H18N2O4. The summed E-state index contributed by atoms with van der Waals surface area (Å²) >= 11 is 0. The number of phenols is 1. The van der Waals surface area contributed by atoms with Gasteiger partial charge in [-0.15, -0.1) is 0 Å². The second-order valence-corrected chi connectivity index (χ2v) is 5.63. The molecular weight excluding hydrogens is 284 g/mol. The highest BCUT2D eigenvalue weighted by molar-refractivity contribution is 6.40. The molecule has 0 aliphatic carbocycles. The second-order valence-electron chi connectivity index (χ2n) is 5.63. The molecule has 2 aromatic carbocycles.